The molecule has 2 heterocycles. The van der Waals surface area contributed by atoms with Gasteiger partial charge in [-0.3, -0.25) is 4.79 Å². The lowest BCUT2D eigenvalue weighted by Crippen LogP contribution is -2.37. The topological polar surface area (TPSA) is 53.6 Å². The van der Waals surface area contributed by atoms with Crippen molar-refractivity contribution in [2.45, 2.75) is 44.5 Å². The van der Waals surface area contributed by atoms with Crippen LogP contribution in [0.4, 0.5) is 18.9 Å². The van der Waals surface area contributed by atoms with Crippen molar-refractivity contribution in [1.29, 1.82) is 0 Å². The van der Waals surface area contributed by atoms with E-state index >= 15 is 0 Å². The molecule has 2 aliphatic heterocycles. The van der Waals surface area contributed by atoms with E-state index in [2.05, 4.69) is 15.4 Å². The molecule has 1 aromatic rings. The number of nitrogens with zero attached hydrogens (tertiary/aromatic N) is 1. The Labute approximate surface area is 181 Å². The van der Waals surface area contributed by atoms with E-state index in [1.165, 1.54) is 12.1 Å². The van der Waals surface area contributed by atoms with Crippen LogP contribution >= 0.6 is 24.8 Å². The minimum absolute atomic E-state index is 0. The van der Waals surface area contributed by atoms with Gasteiger partial charge in [0.2, 0.25) is 5.91 Å². The van der Waals surface area contributed by atoms with Crippen LogP contribution in [0.2, 0.25) is 0 Å². The molecule has 2 N–H and O–H groups in total. The Morgan fingerprint density at radius 1 is 1.21 bits per heavy atom. The fourth-order valence-corrected chi connectivity index (χ4v) is 3.80. The maximum absolute atomic E-state index is 12.4. The molecule has 1 amide bonds. The minimum Gasteiger partial charge on any atom is -0.406 e. The number of hydrogen-bond donors (Lipinski definition) is 2. The lowest BCUT2D eigenvalue weighted by molar-refractivity contribution is -0.274. The summed E-state index contributed by atoms with van der Waals surface area (Å²) < 4.78 is 41.1. The van der Waals surface area contributed by atoms with Crippen LogP contribution in [0.15, 0.2) is 24.3 Å². The maximum Gasteiger partial charge on any atom is 0.573 e. The Hall–Kier alpha value is -1.38. The Kier molecular flexibility index (Phi) is 10.4. The van der Waals surface area contributed by atoms with Crippen molar-refractivity contribution in [1.82, 2.24) is 10.6 Å². The van der Waals surface area contributed by atoms with Crippen molar-refractivity contribution >= 4 is 36.4 Å². The summed E-state index contributed by atoms with van der Waals surface area (Å²) in [5.41, 5.74) is 0.670. The quantitative estimate of drug-likeness (QED) is 0.679. The molecule has 1 aromatic carbocycles. The Balaban J connectivity index is 0.00000210. The molecule has 0 saturated carbocycles. The summed E-state index contributed by atoms with van der Waals surface area (Å²) in [6.45, 7) is 3.34. The number of rotatable bonds is 6. The Morgan fingerprint density at radius 2 is 1.93 bits per heavy atom. The number of anilines is 1. The van der Waals surface area contributed by atoms with E-state index in [1.54, 1.807) is 12.1 Å². The SMILES string of the molecule is Cl.Cl.O=C(CCC1CCNCC1)NC1CCN(c2cccc(OC(F)(F)F)c2)C1. The van der Waals surface area contributed by atoms with Crippen LogP contribution < -0.4 is 20.3 Å². The highest BCUT2D eigenvalue weighted by Crippen LogP contribution is 2.28. The van der Waals surface area contributed by atoms with Crippen LogP contribution in [0.1, 0.15) is 32.1 Å². The van der Waals surface area contributed by atoms with E-state index in [-0.39, 0.29) is 42.5 Å². The molecule has 0 aliphatic carbocycles. The molecule has 10 heteroatoms. The van der Waals surface area contributed by atoms with Gasteiger partial charge in [0.05, 0.1) is 0 Å². The van der Waals surface area contributed by atoms with Gasteiger partial charge >= 0.3 is 6.36 Å². The number of alkyl halides is 3. The zero-order chi connectivity index (χ0) is 19.3. The predicted octanol–water partition coefficient (Wildman–Crippen LogP) is 3.90. The summed E-state index contributed by atoms with van der Waals surface area (Å²) in [7, 11) is 0. The fourth-order valence-electron chi connectivity index (χ4n) is 3.80. The Morgan fingerprint density at radius 3 is 2.62 bits per heavy atom. The first-order valence-corrected chi connectivity index (χ1v) is 9.50. The largest absolute Gasteiger partial charge is 0.573 e. The molecular formula is C19H28Cl2F3N3O2. The molecule has 29 heavy (non-hydrogen) atoms. The first-order valence-electron chi connectivity index (χ1n) is 9.50. The van der Waals surface area contributed by atoms with Crippen LogP contribution in [-0.4, -0.2) is 44.5 Å². The van der Waals surface area contributed by atoms with Gasteiger partial charge in [-0.25, -0.2) is 0 Å². The van der Waals surface area contributed by atoms with Gasteiger partial charge in [0.15, 0.2) is 0 Å². The van der Waals surface area contributed by atoms with E-state index in [9.17, 15) is 18.0 Å². The van der Waals surface area contributed by atoms with Crippen LogP contribution in [0.3, 0.4) is 0 Å². The first-order chi connectivity index (χ1) is 12.9. The molecule has 1 unspecified atom stereocenters. The molecule has 2 fully saturated rings. The molecule has 166 valence electrons. The van der Waals surface area contributed by atoms with Crippen molar-refractivity contribution in [2.24, 2.45) is 5.92 Å². The third-order valence-corrected chi connectivity index (χ3v) is 5.21. The van der Waals surface area contributed by atoms with Gasteiger partial charge in [-0.2, -0.15) is 0 Å². The van der Waals surface area contributed by atoms with Crippen molar-refractivity contribution < 1.29 is 22.7 Å². The highest BCUT2D eigenvalue weighted by molar-refractivity contribution is 5.85. The highest BCUT2D eigenvalue weighted by atomic mass is 35.5. The summed E-state index contributed by atoms with van der Waals surface area (Å²) in [6.07, 6.45) is -0.212. The molecule has 3 rings (SSSR count). The smallest absolute Gasteiger partial charge is 0.406 e. The number of carbonyl (C=O) groups is 1. The molecule has 0 spiro atoms. The van der Waals surface area contributed by atoms with Gasteiger partial charge in [0.25, 0.3) is 0 Å². The molecule has 1 atom stereocenters. The van der Waals surface area contributed by atoms with E-state index in [0.29, 0.717) is 31.1 Å². The van der Waals surface area contributed by atoms with Crippen molar-refractivity contribution in [3.63, 3.8) is 0 Å². The average Bonchev–Trinajstić information content (AvgIpc) is 3.08. The fraction of sp³-hybridized carbons (Fsp3) is 0.632. The van der Waals surface area contributed by atoms with E-state index in [0.717, 1.165) is 38.8 Å². The van der Waals surface area contributed by atoms with Gasteiger partial charge in [0.1, 0.15) is 5.75 Å². The summed E-state index contributed by atoms with van der Waals surface area (Å²) >= 11 is 0. The first kappa shape index (κ1) is 25.7. The summed E-state index contributed by atoms with van der Waals surface area (Å²) in [6, 6.07) is 5.99. The number of carbonyl (C=O) groups excluding carboxylic acids is 1. The molecule has 5 nitrogen and oxygen atoms in total. The summed E-state index contributed by atoms with van der Waals surface area (Å²) in [4.78, 5) is 14.2. The molecule has 2 aliphatic rings. The predicted molar refractivity (Wildman–Crippen MR) is 111 cm³/mol. The number of ether oxygens (including phenoxy) is 1. The van der Waals surface area contributed by atoms with Crippen molar-refractivity contribution in [2.75, 3.05) is 31.1 Å². The number of hydrogen-bond acceptors (Lipinski definition) is 4. The van der Waals surface area contributed by atoms with E-state index in [1.807, 2.05) is 4.90 Å². The third-order valence-electron chi connectivity index (χ3n) is 5.21. The highest BCUT2D eigenvalue weighted by Gasteiger charge is 2.31. The molecule has 0 radical (unpaired) electrons. The van der Waals surface area contributed by atoms with Crippen LogP contribution in [-0.2, 0) is 4.79 Å². The number of halogens is 5. The molecule has 0 bridgehead atoms. The molecular weight excluding hydrogens is 430 g/mol. The van der Waals surface area contributed by atoms with Gasteiger partial charge < -0.3 is 20.3 Å². The number of piperidine rings is 1. The lowest BCUT2D eigenvalue weighted by Gasteiger charge is -2.23. The van der Waals surface area contributed by atoms with Crippen LogP contribution in [0.5, 0.6) is 5.75 Å². The standard InChI is InChI=1S/C19H26F3N3O2.2ClH/c20-19(21,22)27-17-3-1-2-16(12-17)25-11-8-15(13-25)24-18(26)5-4-14-6-9-23-10-7-14;;/h1-3,12,14-15,23H,4-11,13H2,(H,24,26);2*1H. The Bertz CT molecular complexity index is 643. The van der Waals surface area contributed by atoms with Crippen LogP contribution in [0, 0.1) is 5.92 Å². The molecule has 2 saturated heterocycles. The van der Waals surface area contributed by atoms with Gasteiger partial charge in [-0.15, -0.1) is 38.0 Å². The van der Waals surface area contributed by atoms with Crippen LogP contribution in [0.25, 0.3) is 0 Å². The number of benzene rings is 1. The van der Waals surface area contributed by atoms with Gasteiger partial charge in [-0.1, -0.05) is 6.07 Å². The second-order valence-electron chi connectivity index (χ2n) is 7.28. The zero-order valence-electron chi connectivity index (χ0n) is 16.0. The average molecular weight is 458 g/mol. The van der Waals surface area contributed by atoms with Crippen molar-refractivity contribution in [3.8, 4) is 5.75 Å². The second-order valence-corrected chi connectivity index (χ2v) is 7.28. The van der Waals surface area contributed by atoms with Gasteiger partial charge in [0, 0.05) is 37.3 Å². The maximum atomic E-state index is 12.4. The summed E-state index contributed by atoms with van der Waals surface area (Å²) in [5.74, 6) is 0.456. The van der Waals surface area contributed by atoms with Gasteiger partial charge in [-0.05, 0) is 56.8 Å². The second kappa shape index (κ2) is 11.7. The van der Waals surface area contributed by atoms with E-state index < -0.39 is 6.36 Å². The minimum atomic E-state index is -4.70. The number of nitrogens with one attached hydrogen (secondary N) is 2. The normalized spacial score (nSPS) is 19.8. The number of amides is 1. The lowest BCUT2D eigenvalue weighted by atomic mass is 9.93. The van der Waals surface area contributed by atoms with E-state index in [4.69, 9.17) is 0 Å². The summed E-state index contributed by atoms with van der Waals surface area (Å²) in [5, 5.41) is 6.38. The van der Waals surface area contributed by atoms with Crippen molar-refractivity contribution in [3.05, 3.63) is 24.3 Å². The molecule has 0 aromatic heterocycles. The monoisotopic (exact) mass is 457 g/mol. The zero-order valence-corrected chi connectivity index (χ0v) is 17.7. The third kappa shape index (κ3) is 8.48.